The van der Waals surface area contributed by atoms with Gasteiger partial charge in [-0.1, -0.05) is 0 Å². The topological polar surface area (TPSA) is 56.8 Å². The van der Waals surface area contributed by atoms with Crippen LogP contribution < -0.4 is 19.5 Å². The molecule has 5 nitrogen and oxygen atoms in total. The molecule has 0 unspecified atom stereocenters. The first-order chi connectivity index (χ1) is 10.2. The van der Waals surface area contributed by atoms with E-state index in [1.807, 2.05) is 24.3 Å². The van der Waals surface area contributed by atoms with Crippen molar-refractivity contribution in [3.05, 3.63) is 36.4 Å². The summed E-state index contributed by atoms with van der Waals surface area (Å²) in [6, 6.07) is 11.0. The molecule has 0 fully saturated rings. The third kappa shape index (κ3) is 2.50. The predicted octanol–water partition coefficient (Wildman–Crippen LogP) is 2.70. The van der Waals surface area contributed by atoms with E-state index in [1.165, 1.54) is 0 Å². The van der Waals surface area contributed by atoms with Gasteiger partial charge in [0.05, 0.1) is 19.9 Å². The largest absolute Gasteiger partial charge is 0.497 e. The number of benzene rings is 2. The van der Waals surface area contributed by atoms with Gasteiger partial charge >= 0.3 is 0 Å². The molecule has 1 amide bonds. The van der Waals surface area contributed by atoms with Crippen molar-refractivity contribution in [3.8, 4) is 28.4 Å². The lowest BCUT2D eigenvalue weighted by Crippen LogP contribution is -2.22. The lowest BCUT2D eigenvalue weighted by atomic mass is 10.0. The number of rotatable bonds is 2. The monoisotopic (exact) mass is 285 g/mol. The van der Waals surface area contributed by atoms with E-state index in [4.69, 9.17) is 14.2 Å². The number of anilines is 1. The van der Waals surface area contributed by atoms with Crippen molar-refractivity contribution in [2.45, 2.75) is 0 Å². The van der Waals surface area contributed by atoms with Crippen LogP contribution in [0, 0.1) is 0 Å². The van der Waals surface area contributed by atoms with Gasteiger partial charge in [0.25, 0.3) is 5.91 Å². The maximum atomic E-state index is 11.8. The first-order valence-corrected chi connectivity index (χ1v) is 6.50. The van der Waals surface area contributed by atoms with Gasteiger partial charge in [-0.05, 0) is 30.3 Å². The smallest absolute Gasteiger partial charge is 0.262 e. The van der Waals surface area contributed by atoms with Crippen molar-refractivity contribution >= 4 is 11.6 Å². The fourth-order valence-corrected chi connectivity index (χ4v) is 2.29. The summed E-state index contributed by atoms with van der Waals surface area (Å²) >= 11 is 0. The number of methoxy groups -OCH3 is 2. The summed E-state index contributed by atoms with van der Waals surface area (Å²) in [5.41, 5.74) is 2.42. The third-order valence-corrected chi connectivity index (χ3v) is 3.34. The Balaban J connectivity index is 2.20. The molecule has 0 saturated heterocycles. The molecule has 5 heteroatoms. The highest BCUT2D eigenvalue weighted by Gasteiger charge is 2.18. The zero-order valence-corrected chi connectivity index (χ0v) is 11.8. The first-order valence-electron chi connectivity index (χ1n) is 6.50. The Morgan fingerprint density at radius 3 is 2.48 bits per heavy atom. The van der Waals surface area contributed by atoms with Crippen molar-refractivity contribution in [1.82, 2.24) is 0 Å². The molecule has 1 N–H and O–H groups in total. The van der Waals surface area contributed by atoms with Crippen molar-refractivity contribution in [1.29, 1.82) is 0 Å². The van der Waals surface area contributed by atoms with Crippen LogP contribution in [0.4, 0.5) is 5.69 Å². The molecule has 0 radical (unpaired) electrons. The van der Waals surface area contributed by atoms with Crippen LogP contribution in [-0.4, -0.2) is 26.7 Å². The molecule has 0 aromatic heterocycles. The van der Waals surface area contributed by atoms with Crippen LogP contribution in [0.3, 0.4) is 0 Å². The maximum absolute atomic E-state index is 11.8. The van der Waals surface area contributed by atoms with Gasteiger partial charge in [-0.2, -0.15) is 0 Å². The maximum Gasteiger partial charge on any atom is 0.262 e. The standard InChI is InChI=1S/C16H15NO4/c1-19-10-4-6-15-13(7-10)12-5-3-11(20-2)8-14(12)17-16(18)9-21-15/h3-8H,9H2,1-2H3,(H,17,18). The number of amides is 1. The molecule has 2 aromatic carbocycles. The summed E-state index contributed by atoms with van der Waals surface area (Å²) in [6.07, 6.45) is 0. The summed E-state index contributed by atoms with van der Waals surface area (Å²) in [4.78, 5) is 11.8. The minimum Gasteiger partial charge on any atom is -0.497 e. The molecule has 0 atom stereocenters. The molecule has 21 heavy (non-hydrogen) atoms. The third-order valence-electron chi connectivity index (χ3n) is 3.34. The lowest BCUT2D eigenvalue weighted by molar-refractivity contribution is -0.118. The van der Waals surface area contributed by atoms with E-state index in [2.05, 4.69) is 5.32 Å². The molecule has 2 aromatic rings. The van der Waals surface area contributed by atoms with Crippen LogP contribution in [0.15, 0.2) is 36.4 Å². The average Bonchev–Trinajstić information content (AvgIpc) is 2.51. The fraction of sp³-hybridized carbons (Fsp3) is 0.188. The SMILES string of the molecule is COc1ccc2c(c1)NC(=O)COc1ccc(OC)cc1-2. The summed E-state index contributed by atoms with van der Waals surface area (Å²) in [5.74, 6) is 1.86. The van der Waals surface area contributed by atoms with E-state index in [9.17, 15) is 4.79 Å². The van der Waals surface area contributed by atoms with Crippen LogP contribution in [0.5, 0.6) is 17.2 Å². The average molecular weight is 285 g/mol. The van der Waals surface area contributed by atoms with Gasteiger partial charge in [-0.15, -0.1) is 0 Å². The summed E-state index contributed by atoms with van der Waals surface area (Å²) in [6.45, 7) is -0.0318. The Labute approximate surface area is 122 Å². The number of fused-ring (bicyclic) bond motifs is 3. The van der Waals surface area contributed by atoms with Gasteiger partial charge in [0.2, 0.25) is 0 Å². The second-order valence-corrected chi connectivity index (χ2v) is 4.61. The van der Waals surface area contributed by atoms with E-state index < -0.39 is 0 Å². The number of carbonyl (C=O) groups excluding carboxylic acids is 1. The summed E-state index contributed by atoms with van der Waals surface area (Å²) in [7, 11) is 3.20. The van der Waals surface area contributed by atoms with E-state index in [0.29, 0.717) is 17.2 Å². The normalized spacial score (nSPS) is 13.0. The lowest BCUT2D eigenvalue weighted by Gasteiger charge is -2.20. The molecule has 0 aliphatic carbocycles. The molecule has 3 rings (SSSR count). The molecule has 0 saturated carbocycles. The molecule has 0 spiro atoms. The molecule has 108 valence electrons. The van der Waals surface area contributed by atoms with Gasteiger partial charge in [-0.3, -0.25) is 4.79 Å². The Hall–Kier alpha value is -2.69. The second kappa shape index (κ2) is 5.36. The van der Waals surface area contributed by atoms with Crippen molar-refractivity contribution in [2.75, 3.05) is 26.1 Å². The molecule has 1 aliphatic heterocycles. The Bertz CT molecular complexity index is 697. The zero-order valence-electron chi connectivity index (χ0n) is 11.8. The van der Waals surface area contributed by atoms with E-state index >= 15 is 0 Å². The Kier molecular flexibility index (Phi) is 3.39. The molecule has 0 bridgehead atoms. The van der Waals surface area contributed by atoms with Gasteiger partial charge in [0.15, 0.2) is 6.61 Å². The number of nitrogens with one attached hydrogen (secondary N) is 1. The van der Waals surface area contributed by atoms with Gasteiger partial charge in [0.1, 0.15) is 17.2 Å². The van der Waals surface area contributed by atoms with Gasteiger partial charge in [-0.25, -0.2) is 0 Å². The Morgan fingerprint density at radius 1 is 1.00 bits per heavy atom. The molecular formula is C16H15NO4. The highest BCUT2D eigenvalue weighted by Crippen LogP contribution is 2.40. The predicted molar refractivity (Wildman–Crippen MR) is 79.1 cm³/mol. The number of carbonyl (C=O) groups is 1. The number of ether oxygens (including phenoxy) is 3. The minimum atomic E-state index is -0.203. The van der Waals surface area contributed by atoms with Crippen LogP contribution in [0.25, 0.3) is 11.1 Å². The minimum absolute atomic E-state index is 0.0318. The van der Waals surface area contributed by atoms with E-state index in [0.717, 1.165) is 16.9 Å². The zero-order chi connectivity index (χ0) is 14.8. The van der Waals surface area contributed by atoms with Crippen LogP contribution in [0.2, 0.25) is 0 Å². The van der Waals surface area contributed by atoms with E-state index in [-0.39, 0.29) is 12.5 Å². The van der Waals surface area contributed by atoms with Crippen molar-refractivity contribution < 1.29 is 19.0 Å². The quantitative estimate of drug-likeness (QED) is 0.921. The number of hydrogen-bond donors (Lipinski definition) is 1. The van der Waals surface area contributed by atoms with Crippen molar-refractivity contribution in [3.63, 3.8) is 0 Å². The summed E-state index contributed by atoms with van der Waals surface area (Å²) < 4.78 is 16.0. The van der Waals surface area contributed by atoms with Crippen LogP contribution in [0.1, 0.15) is 0 Å². The molecule has 1 heterocycles. The first kappa shape index (κ1) is 13.3. The molecular weight excluding hydrogens is 270 g/mol. The van der Waals surface area contributed by atoms with Crippen LogP contribution >= 0.6 is 0 Å². The highest BCUT2D eigenvalue weighted by molar-refractivity contribution is 5.98. The number of hydrogen-bond acceptors (Lipinski definition) is 4. The van der Waals surface area contributed by atoms with Crippen molar-refractivity contribution in [2.24, 2.45) is 0 Å². The van der Waals surface area contributed by atoms with Gasteiger partial charge < -0.3 is 19.5 Å². The highest BCUT2D eigenvalue weighted by atomic mass is 16.5. The summed E-state index contributed by atoms with van der Waals surface area (Å²) in [5, 5.41) is 2.83. The Morgan fingerprint density at radius 2 is 1.71 bits per heavy atom. The van der Waals surface area contributed by atoms with E-state index in [1.54, 1.807) is 26.4 Å². The van der Waals surface area contributed by atoms with Crippen LogP contribution in [-0.2, 0) is 4.79 Å². The molecule has 1 aliphatic rings. The van der Waals surface area contributed by atoms with Gasteiger partial charge in [0, 0.05) is 17.2 Å². The fourth-order valence-electron chi connectivity index (χ4n) is 2.29. The second-order valence-electron chi connectivity index (χ2n) is 4.61.